The van der Waals surface area contributed by atoms with Gasteiger partial charge in [-0.3, -0.25) is 9.52 Å². The number of ether oxygens (including phenoxy) is 2. The summed E-state index contributed by atoms with van der Waals surface area (Å²) in [6.07, 6.45) is 0. The lowest BCUT2D eigenvalue weighted by Gasteiger charge is -2.20. The van der Waals surface area contributed by atoms with Crippen LogP contribution in [0.4, 0.5) is 5.69 Å². The second kappa shape index (κ2) is 7.67. The Labute approximate surface area is 161 Å². The summed E-state index contributed by atoms with van der Waals surface area (Å²) >= 11 is 3.34. The Hall–Kier alpha value is -2.06. The van der Waals surface area contributed by atoms with Crippen LogP contribution < -0.4 is 14.2 Å². The third kappa shape index (κ3) is 4.02. The van der Waals surface area contributed by atoms with Crippen LogP contribution in [0.3, 0.4) is 0 Å². The van der Waals surface area contributed by atoms with Gasteiger partial charge >= 0.3 is 5.97 Å². The van der Waals surface area contributed by atoms with E-state index in [1.165, 1.54) is 26.2 Å². The summed E-state index contributed by atoms with van der Waals surface area (Å²) in [4.78, 5) is 11.6. The van der Waals surface area contributed by atoms with E-state index >= 15 is 0 Å². The van der Waals surface area contributed by atoms with Gasteiger partial charge in [-0.1, -0.05) is 17.7 Å². The van der Waals surface area contributed by atoms with E-state index in [0.717, 1.165) is 5.56 Å². The number of anilines is 1. The summed E-state index contributed by atoms with van der Waals surface area (Å²) in [5.41, 5.74) is 2.56. The predicted molar refractivity (Wildman–Crippen MR) is 103 cm³/mol. The number of esters is 1. The van der Waals surface area contributed by atoms with Crippen LogP contribution in [0.2, 0.25) is 0 Å². The number of benzene rings is 2. The Morgan fingerprint density at radius 1 is 1.04 bits per heavy atom. The maximum Gasteiger partial charge on any atom is 0.308 e. The fourth-order valence-corrected chi connectivity index (χ4v) is 4.34. The number of halogens is 1. The largest absolute Gasteiger partial charge is 0.493 e. The van der Waals surface area contributed by atoms with E-state index in [9.17, 15) is 13.2 Å². The molecule has 0 saturated heterocycles. The summed E-state index contributed by atoms with van der Waals surface area (Å²) in [6.45, 7) is 6.66. The average molecular weight is 442 g/mol. The first-order valence-corrected chi connectivity index (χ1v) is 10.0. The number of carbonyl (C=O) groups is 1. The Morgan fingerprint density at radius 2 is 1.62 bits per heavy atom. The molecule has 0 aliphatic carbocycles. The molecule has 8 heteroatoms. The van der Waals surface area contributed by atoms with Gasteiger partial charge in [-0.15, -0.1) is 0 Å². The van der Waals surface area contributed by atoms with Crippen molar-refractivity contribution in [2.24, 2.45) is 0 Å². The zero-order valence-corrected chi connectivity index (χ0v) is 17.5. The minimum Gasteiger partial charge on any atom is -0.493 e. The molecule has 0 aliphatic rings. The van der Waals surface area contributed by atoms with Crippen molar-refractivity contribution in [3.05, 3.63) is 45.4 Å². The zero-order chi connectivity index (χ0) is 19.6. The molecule has 1 N–H and O–H groups in total. The molecule has 2 aromatic rings. The van der Waals surface area contributed by atoms with Gasteiger partial charge in [0.25, 0.3) is 10.0 Å². The monoisotopic (exact) mass is 441 g/mol. The minimum atomic E-state index is -3.82. The smallest absolute Gasteiger partial charge is 0.308 e. The third-order valence-corrected chi connectivity index (χ3v) is 6.04. The van der Waals surface area contributed by atoms with Crippen LogP contribution in [-0.2, 0) is 14.8 Å². The van der Waals surface area contributed by atoms with Crippen LogP contribution in [-0.4, -0.2) is 21.5 Å². The molecule has 0 fully saturated rings. The summed E-state index contributed by atoms with van der Waals surface area (Å²) < 4.78 is 38.9. The molecule has 0 heterocycles. The summed E-state index contributed by atoms with van der Waals surface area (Å²) in [5.74, 6) is -0.0489. The molecule has 0 bridgehead atoms. The number of sulfonamides is 1. The van der Waals surface area contributed by atoms with Gasteiger partial charge in [0.1, 0.15) is 0 Å². The number of nitrogens with one attached hydrogen (secondary N) is 1. The number of aryl methyl sites for hydroxylation is 1. The van der Waals surface area contributed by atoms with Crippen molar-refractivity contribution in [3.63, 3.8) is 0 Å². The van der Waals surface area contributed by atoms with Crippen LogP contribution in [0.1, 0.15) is 23.6 Å². The van der Waals surface area contributed by atoms with Crippen molar-refractivity contribution in [1.82, 2.24) is 0 Å². The lowest BCUT2D eigenvalue weighted by atomic mass is 10.1. The van der Waals surface area contributed by atoms with Gasteiger partial charge < -0.3 is 9.47 Å². The van der Waals surface area contributed by atoms with Crippen LogP contribution >= 0.6 is 15.9 Å². The molecule has 6 nitrogen and oxygen atoms in total. The van der Waals surface area contributed by atoms with Gasteiger partial charge in [0.15, 0.2) is 11.5 Å². The second-order valence-electron chi connectivity index (χ2n) is 5.81. The van der Waals surface area contributed by atoms with Crippen molar-refractivity contribution in [3.8, 4) is 11.5 Å². The van der Waals surface area contributed by atoms with E-state index in [0.29, 0.717) is 27.0 Å². The number of methoxy groups -OCH3 is 1. The van der Waals surface area contributed by atoms with Crippen molar-refractivity contribution in [1.29, 1.82) is 0 Å². The topological polar surface area (TPSA) is 81.7 Å². The van der Waals surface area contributed by atoms with Crippen LogP contribution in [0, 0.1) is 20.8 Å². The van der Waals surface area contributed by atoms with E-state index in [-0.39, 0.29) is 10.6 Å². The highest BCUT2D eigenvalue weighted by atomic mass is 79.9. The molecule has 0 saturated carbocycles. The van der Waals surface area contributed by atoms with E-state index in [4.69, 9.17) is 9.47 Å². The maximum atomic E-state index is 12.7. The SMILES string of the molecule is COc1c(C)c(C)c(NS(=O)(=O)c2ccc(C)cc2)c(Br)c1OC(C)=O. The molecule has 0 amide bonds. The molecule has 0 aliphatic heterocycles. The van der Waals surface area contributed by atoms with Gasteiger partial charge in [-0.05, 0) is 60.0 Å². The number of rotatable bonds is 5. The van der Waals surface area contributed by atoms with Crippen LogP contribution in [0.5, 0.6) is 11.5 Å². The molecule has 26 heavy (non-hydrogen) atoms. The molecule has 0 unspecified atom stereocenters. The van der Waals surface area contributed by atoms with Gasteiger partial charge in [0.2, 0.25) is 0 Å². The fraction of sp³-hybridized carbons (Fsp3) is 0.278. The number of carbonyl (C=O) groups excluding carboxylic acids is 1. The summed E-state index contributed by atoms with van der Waals surface area (Å²) in [6, 6.07) is 6.51. The van der Waals surface area contributed by atoms with Crippen LogP contribution in [0.15, 0.2) is 33.6 Å². The van der Waals surface area contributed by atoms with Gasteiger partial charge in [0.05, 0.1) is 22.2 Å². The maximum absolute atomic E-state index is 12.7. The standard InChI is InChI=1S/C18H20BrNO5S/c1-10-6-8-14(9-7-10)26(22,23)20-16-11(2)12(3)17(24-5)18(15(16)19)25-13(4)21/h6-9,20H,1-5H3. The predicted octanol–water partition coefficient (Wildman–Crippen LogP) is 4.11. The lowest BCUT2D eigenvalue weighted by molar-refractivity contribution is -0.132. The Kier molecular flexibility index (Phi) is 5.98. The molecule has 140 valence electrons. The molecule has 2 rings (SSSR count). The van der Waals surface area contributed by atoms with Crippen molar-refractivity contribution in [2.45, 2.75) is 32.6 Å². The molecule has 0 atom stereocenters. The average Bonchev–Trinajstić information content (AvgIpc) is 2.57. The van der Waals surface area contributed by atoms with Gasteiger partial charge in [0, 0.05) is 6.92 Å². The summed E-state index contributed by atoms with van der Waals surface area (Å²) in [7, 11) is -2.36. The fourth-order valence-electron chi connectivity index (χ4n) is 2.42. The number of hydrogen-bond donors (Lipinski definition) is 1. The molecule has 0 aromatic heterocycles. The van der Waals surface area contributed by atoms with E-state index in [1.54, 1.807) is 26.0 Å². The van der Waals surface area contributed by atoms with Crippen LogP contribution in [0.25, 0.3) is 0 Å². The third-order valence-electron chi connectivity index (χ3n) is 3.92. The highest BCUT2D eigenvalue weighted by molar-refractivity contribution is 9.10. The Balaban J connectivity index is 2.60. The van der Waals surface area contributed by atoms with E-state index in [2.05, 4.69) is 20.7 Å². The molecular formula is C18H20BrNO5S. The first-order chi connectivity index (χ1) is 12.1. The van der Waals surface area contributed by atoms with Gasteiger partial charge in [-0.25, -0.2) is 8.42 Å². The first kappa shape index (κ1) is 20.3. The van der Waals surface area contributed by atoms with Gasteiger partial charge in [-0.2, -0.15) is 0 Å². The highest BCUT2D eigenvalue weighted by Gasteiger charge is 2.25. The molecule has 0 radical (unpaired) electrons. The highest BCUT2D eigenvalue weighted by Crippen LogP contribution is 2.46. The Bertz CT molecular complexity index is 953. The minimum absolute atomic E-state index is 0.129. The summed E-state index contributed by atoms with van der Waals surface area (Å²) in [5, 5.41) is 0. The Morgan fingerprint density at radius 3 is 2.12 bits per heavy atom. The number of hydrogen-bond acceptors (Lipinski definition) is 5. The van der Waals surface area contributed by atoms with Crippen molar-refractivity contribution in [2.75, 3.05) is 11.8 Å². The zero-order valence-electron chi connectivity index (χ0n) is 15.1. The second-order valence-corrected chi connectivity index (χ2v) is 8.29. The first-order valence-electron chi connectivity index (χ1n) is 7.73. The lowest BCUT2D eigenvalue weighted by Crippen LogP contribution is -2.16. The molecule has 0 spiro atoms. The van der Waals surface area contributed by atoms with Crippen molar-refractivity contribution < 1.29 is 22.7 Å². The molecular weight excluding hydrogens is 422 g/mol. The van der Waals surface area contributed by atoms with E-state index < -0.39 is 16.0 Å². The molecule has 2 aromatic carbocycles. The normalized spacial score (nSPS) is 11.2. The van der Waals surface area contributed by atoms with Crippen molar-refractivity contribution >= 4 is 37.6 Å². The van der Waals surface area contributed by atoms with E-state index in [1.807, 2.05) is 6.92 Å². The quantitative estimate of drug-likeness (QED) is 0.557.